The standard InChI is InChI=1S/C24H27NO5.C15H9F3O5S.C9H19NO2/c1-14-12-24(3,23(15(2)30-14)29-13-28-4)25-19-11-7-10-18-20(19)22(27)17-9-6-5-8-16(17)21(18)26;16-15(17,18)24(21,22)23-11-7-3-6-10-12(11)14(20)9-5-2-1-4-8(9)13(10)19;1-6-7(2)12-8(11-4)5-9(6,3)10/h5-11,14-15,23,25H,12-13H2,1-4H3;1-9H;6-8H,5,10H2,1-4H3/t14-,15-,23-,24+;;6-,7-,8+,9+/m0.0/s1. The van der Waals surface area contributed by atoms with Gasteiger partial charge in [-0.3, -0.25) is 19.2 Å². The summed E-state index contributed by atoms with van der Waals surface area (Å²) in [5.74, 6) is -3.50. The first-order chi connectivity index (χ1) is 31.0. The quantitative estimate of drug-likeness (QED) is 0.0996. The molecule has 10 atom stereocenters. The van der Waals surface area contributed by atoms with Crippen LogP contribution in [0.15, 0.2) is 85.0 Å². The van der Waals surface area contributed by atoms with Crippen molar-refractivity contribution in [3.63, 3.8) is 0 Å². The number of halogens is 3. The zero-order chi connectivity index (χ0) is 48.5. The van der Waals surface area contributed by atoms with Crippen LogP contribution in [-0.2, 0) is 33.8 Å². The van der Waals surface area contributed by atoms with E-state index in [1.165, 1.54) is 24.3 Å². The summed E-state index contributed by atoms with van der Waals surface area (Å²) in [5.41, 5.74) is 1.55. The van der Waals surface area contributed by atoms with Crippen LogP contribution in [0.5, 0.6) is 5.75 Å². The first-order valence-electron chi connectivity index (χ1n) is 21.4. The molecule has 18 heteroatoms. The fourth-order valence-electron chi connectivity index (χ4n) is 9.16. The highest BCUT2D eigenvalue weighted by atomic mass is 32.2. The number of fused-ring (bicyclic) bond motifs is 4. The van der Waals surface area contributed by atoms with Crippen molar-refractivity contribution in [2.24, 2.45) is 23.5 Å². The first kappa shape index (κ1) is 50.3. The number of benzene rings is 3. The molecular formula is C48H55F3N2O12S. The number of hydrogen-bond donors (Lipinski definition) is 2. The topological polar surface area (TPSA) is 196 Å². The number of allylic oxidation sites excluding steroid dienone is 4. The van der Waals surface area contributed by atoms with Gasteiger partial charge >= 0.3 is 15.6 Å². The Bertz CT molecular complexity index is 2520. The van der Waals surface area contributed by atoms with Crippen LogP contribution in [0.2, 0.25) is 0 Å². The lowest BCUT2D eigenvalue weighted by Gasteiger charge is -2.48. The van der Waals surface area contributed by atoms with Crippen molar-refractivity contribution in [2.45, 2.75) is 102 Å². The van der Waals surface area contributed by atoms with E-state index < -0.39 is 55.9 Å². The molecule has 0 aromatic heterocycles. The van der Waals surface area contributed by atoms with Crippen molar-refractivity contribution in [1.29, 1.82) is 0 Å². The van der Waals surface area contributed by atoms with Crippen LogP contribution >= 0.6 is 0 Å². The number of alkyl halides is 3. The number of methoxy groups -OCH3 is 2. The van der Waals surface area contributed by atoms with Crippen LogP contribution in [-0.4, -0.2) is 99.9 Å². The molecule has 8 rings (SSSR count). The molecule has 0 saturated carbocycles. The van der Waals surface area contributed by atoms with Crippen molar-refractivity contribution in [2.75, 3.05) is 26.3 Å². The Morgan fingerprint density at radius 2 is 1.35 bits per heavy atom. The normalized spacial score (nSPS) is 30.1. The molecule has 2 fully saturated rings. The lowest BCUT2D eigenvalue weighted by molar-refractivity contribution is -0.208. The monoisotopic (exact) mass is 940 g/mol. The molecule has 3 aromatic rings. The van der Waals surface area contributed by atoms with Crippen LogP contribution in [0.3, 0.4) is 0 Å². The van der Waals surface area contributed by atoms with Crippen molar-refractivity contribution in [3.8, 4) is 5.75 Å². The number of rotatable bonds is 8. The molecule has 2 unspecified atom stereocenters. The molecule has 0 spiro atoms. The van der Waals surface area contributed by atoms with Gasteiger partial charge in [0, 0.05) is 60.0 Å². The zero-order valence-electron chi connectivity index (χ0n) is 37.8. The summed E-state index contributed by atoms with van der Waals surface area (Å²) < 4.78 is 91.8. The van der Waals surface area contributed by atoms with Gasteiger partial charge in [-0.25, -0.2) is 0 Å². The number of ketones is 4. The molecule has 2 saturated heterocycles. The van der Waals surface area contributed by atoms with Gasteiger partial charge in [-0.15, -0.1) is 0 Å². The summed E-state index contributed by atoms with van der Waals surface area (Å²) in [5, 5.41) is 3.55. The van der Waals surface area contributed by atoms with Crippen molar-refractivity contribution < 1.29 is 68.6 Å². The van der Waals surface area contributed by atoms with Crippen LogP contribution in [0, 0.1) is 17.8 Å². The Morgan fingerprint density at radius 3 is 1.95 bits per heavy atom. The number of Topliss-reactive ketones (excluding diaryl/α,β-unsaturated/α-hetero) is 2. The van der Waals surface area contributed by atoms with E-state index in [0.717, 1.165) is 18.6 Å². The maximum atomic E-state index is 13.3. The first-order valence-corrected chi connectivity index (χ1v) is 22.8. The molecule has 0 radical (unpaired) electrons. The predicted molar refractivity (Wildman–Crippen MR) is 237 cm³/mol. The molecule has 356 valence electrons. The van der Waals surface area contributed by atoms with E-state index >= 15 is 0 Å². The molecule has 14 nitrogen and oxygen atoms in total. The number of carbonyl (C=O) groups excluding carboxylic acids is 4. The second-order valence-corrected chi connectivity index (χ2v) is 19.1. The van der Waals surface area contributed by atoms with E-state index in [4.69, 9.17) is 29.4 Å². The van der Waals surface area contributed by atoms with Gasteiger partial charge < -0.3 is 38.9 Å². The van der Waals surface area contributed by atoms with E-state index in [2.05, 4.69) is 30.3 Å². The fraction of sp³-hybridized carbons (Fsp3) is 0.458. The summed E-state index contributed by atoms with van der Waals surface area (Å²) >= 11 is 0. The van der Waals surface area contributed by atoms with Crippen LogP contribution in [0.4, 0.5) is 18.9 Å². The Labute approximate surface area is 382 Å². The van der Waals surface area contributed by atoms with Gasteiger partial charge in [-0.05, 0) is 53.2 Å². The minimum Gasteiger partial charge on any atom is -0.376 e. The summed E-state index contributed by atoms with van der Waals surface area (Å²) in [7, 11) is -2.71. The third-order valence-electron chi connectivity index (χ3n) is 12.7. The van der Waals surface area contributed by atoms with E-state index in [1.54, 1.807) is 56.7 Å². The number of nitrogens with two attached hydrogens (primary N) is 1. The molecule has 5 aliphatic rings. The third-order valence-corrected chi connectivity index (χ3v) is 13.7. The maximum absolute atomic E-state index is 13.3. The smallest absolute Gasteiger partial charge is 0.376 e. The Hall–Kier alpha value is -5.08. The zero-order valence-corrected chi connectivity index (χ0v) is 38.7. The van der Waals surface area contributed by atoms with E-state index in [0.29, 0.717) is 40.3 Å². The third kappa shape index (κ3) is 10.1. The van der Waals surface area contributed by atoms with Gasteiger partial charge in [-0.1, -0.05) is 79.8 Å². The Kier molecular flexibility index (Phi) is 15.0. The summed E-state index contributed by atoms with van der Waals surface area (Å²) in [6, 6.07) is 15.7. The van der Waals surface area contributed by atoms with Gasteiger partial charge in [-0.2, -0.15) is 21.6 Å². The van der Waals surface area contributed by atoms with Gasteiger partial charge in [0.1, 0.15) is 12.9 Å². The van der Waals surface area contributed by atoms with Crippen LogP contribution in [0.1, 0.15) is 107 Å². The highest BCUT2D eigenvalue weighted by molar-refractivity contribution is 7.88. The van der Waals surface area contributed by atoms with E-state index in [9.17, 15) is 40.8 Å². The lowest BCUT2D eigenvalue weighted by atomic mass is 9.72. The van der Waals surface area contributed by atoms with Crippen molar-refractivity contribution >= 4 is 38.9 Å². The molecule has 2 heterocycles. The summed E-state index contributed by atoms with van der Waals surface area (Å²) in [4.78, 5) is 51.4. The Balaban J connectivity index is 0.000000178. The molecule has 3 aromatic carbocycles. The van der Waals surface area contributed by atoms with Crippen molar-refractivity contribution in [3.05, 3.63) is 118 Å². The number of hydrogen-bond acceptors (Lipinski definition) is 14. The van der Waals surface area contributed by atoms with Crippen LogP contribution in [0.25, 0.3) is 0 Å². The molecule has 2 aliphatic heterocycles. The average molecular weight is 941 g/mol. The minimum absolute atomic E-state index is 0.0116. The largest absolute Gasteiger partial charge is 0.534 e. The van der Waals surface area contributed by atoms with Gasteiger partial charge in [0.05, 0.1) is 46.8 Å². The highest BCUT2D eigenvalue weighted by Crippen LogP contribution is 2.41. The molecule has 3 aliphatic carbocycles. The molecule has 3 N–H and O–H groups in total. The second-order valence-electron chi connectivity index (χ2n) is 17.5. The Morgan fingerprint density at radius 1 is 0.758 bits per heavy atom. The average Bonchev–Trinajstić information content (AvgIpc) is 3.26. The molecule has 0 amide bonds. The van der Waals surface area contributed by atoms with E-state index in [-0.39, 0.29) is 60.2 Å². The van der Waals surface area contributed by atoms with Gasteiger partial charge in [0.25, 0.3) is 0 Å². The fourth-order valence-corrected chi connectivity index (χ4v) is 9.63. The maximum Gasteiger partial charge on any atom is 0.534 e. The van der Waals surface area contributed by atoms with Crippen molar-refractivity contribution in [1.82, 2.24) is 0 Å². The number of carbonyl (C=O) groups is 4. The van der Waals surface area contributed by atoms with Gasteiger partial charge in [0.2, 0.25) is 0 Å². The minimum atomic E-state index is -5.95. The lowest BCUT2D eigenvalue weighted by Crippen LogP contribution is -2.59. The number of anilines is 1. The molecular weight excluding hydrogens is 886 g/mol. The van der Waals surface area contributed by atoms with Gasteiger partial charge in [0.15, 0.2) is 35.2 Å². The summed E-state index contributed by atoms with van der Waals surface area (Å²) in [6.45, 7) is 12.4. The SMILES string of the molecule is COCO[C@H]1[C@H](C)O[C@@H](C)C[C@@]1(C)Nc1cccc2c1C(=O)c1ccccc1C2=O.CO[C@H]1C[C@@](C)(N)[C@@H](C)[C@H](C)O1.O=C1c2cccc(OS(=O)(=O)C(F)(F)F)c2C(=O)C2C=CC=CC12. The number of nitrogens with one attached hydrogen (secondary N) is 1. The molecule has 66 heavy (non-hydrogen) atoms. The molecule has 0 bridgehead atoms. The predicted octanol–water partition coefficient (Wildman–Crippen LogP) is 7.59. The highest BCUT2D eigenvalue weighted by Gasteiger charge is 2.50. The van der Waals surface area contributed by atoms with E-state index in [1.807, 2.05) is 26.8 Å². The van der Waals surface area contributed by atoms with Crippen LogP contribution < -0.4 is 15.2 Å². The second kappa shape index (κ2) is 19.6. The number of ether oxygens (including phenoxy) is 5. The summed E-state index contributed by atoms with van der Waals surface area (Å²) in [6.07, 6.45) is 7.13.